The monoisotopic (exact) mass is 464 g/mol. The summed E-state index contributed by atoms with van der Waals surface area (Å²) in [6, 6.07) is 17.3. The first kappa shape index (κ1) is 20.7. The highest BCUT2D eigenvalue weighted by atomic mass is 35.5. The maximum absolute atomic E-state index is 13.3. The lowest BCUT2D eigenvalue weighted by molar-refractivity contribution is 0.654. The van der Waals surface area contributed by atoms with Crippen LogP contribution < -0.4 is 11.2 Å². The first-order chi connectivity index (χ1) is 15.4. The standard InChI is InChI=1S/C24H21ClN4O2S/c1-15(2)18-8-6-16(7-9-18)13-27-22(30)21-20(10-11-32-21)29-23(27)26-28(24(29)31)14-17-4-3-5-19(25)12-17/h3-12,15H,13-14H2,1-2H3. The van der Waals surface area contributed by atoms with Crippen molar-refractivity contribution in [2.45, 2.75) is 32.9 Å². The zero-order chi connectivity index (χ0) is 22.4. The van der Waals surface area contributed by atoms with Crippen LogP contribution in [0.5, 0.6) is 0 Å². The molecule has 0 saturated carbocycles. The second-order valence-corrected chi connectivity index (χ2v) is 9.48. The van der Waals surface area contributed by atoms with Gasteiger partial charge in [-0.05, 0) is 46.2 Å². The van der Waals surface area contributed by atoms with Crippen LogP contribution in [0.1, 0.15) is 36.5 Å². The van der Waals surface area contributed by atoms with Gasteiger partial charge in [0.15, 0.2) is 0 Å². The van der Waals surface area contributed by atoms with Gasteiger partial charge in [-0.2, -0.15) is 0 Å². The Morgan fingerprint density at radius 2 is 1.78 bits per heavy atom. The zero-order valence-electron chi connectivity index (χ0n) is 17.7. The lowest BCUT2D eigenvalue weighted by Gasteiger charge is -2.10. The molecule has 0 atom stereocenters. The molecule has 0 aliphatic rings. The van der Waals surface area contributed by atoms with Gasteiger partial charge >= 0.3 is 5.69 Å². The van der Waals surface area contributed by atoms with E-state index >= 15 is 0 Å². The van der Waals surface area contributed by atoms with E-state index in [0.29, 0.717) is 33.5 Å². The highest BCUT2D eigenvalue weighted by molar-refractivity contribution is 7.17. The molecule has 32 heavy (non-hydrogen) atoms. The van der Waals surface area contributed by atoms with E-state index in [2.05, 4.69) is 31.1 Å². The Morgan fingerprint density at radius 1 is 1.00 bits per heavy atom. The van der Waals surface area contributed by atoms with Crippen molar-refractivity contribution < 1.29 is 0 Å². The van der Waals surface area contributed by atoms with Crippen LogP contribution in [0, 0.1) is 0 Å². The topological polar surface area (TPSA) is 61.3 Å². The Labute approximate surface area is 192 Å². The van der Waals surface area contributed by atoms with E-state index in [1.54, 1.807) is 16.7 Å². The van der Waals surface area contributed by atoms with Gasteiger partial charge in [0.25, 0.3) is 5.56 Å². The molecular weight excluding hydrogens is 444 g/mol. The fourth-order valence-electron chi connectivity index (χ4n) is 3.88. The van der Waals surface area contributed by atoms with Gasteiger partial charge in [0, 0.05) is 5.02 Å². The molecule has 8 heteroatoms. The van der Waals surface area contributed by atoms with Crippen LogP contribution in [0.15, 0.2) is 69.6 Å². The van der Waals surface area contributed by atoms with Gasteiger partial charge in [0.2, 0.25) is 5.78 Å². The van der Waals surface area contributed by atoms with Crippen LogP contribution in [0.3, 0.4) is 0 Å². The van der Waals surface area contributed by atoms with Crippen molar-refractivity contribution in [3.8, 4) is 0 Å². The Hall–Kier alpha value is -3.16. The molecule has 5 aromatic rings. The molecule has 0 amide bonds. The minimum atomic E-state index is -0.285. The highest BCUT2D eigenvalue weighted by Crippen LogP contribution is 2.19. The van der Waals surface area contributed by atoms with Crippen molar-refractivity contribution in [1.29, 1.82) is 0 Å². The van der Waals surface area contributed by atoms with Crippen molar-refractivity contribution >= 4 is 38.9 Å². The van der Waals surface area contributed by atoms with Crippen LogP contribution in [0.2, 0.25) is 5.02 Å². The summed E-state index contributed by atoms with van der Waals surface area (Å²) in [4.78, 5) is 26.6. The molecule has 0 aliphatic carbocycles. The molecule has 0 spiro atoms. The van der Waals surface area contributed by atoms with E-state index in [1.807, 2.05) is 35.7 Å². The molecule has 3 heterocycles. The number of halogens is 1. The van der Waals surface area contributed by atoms with Gasteiger partial charge in [-0.1, -0.05) is 61.8 Å². The van der Waals surface area contributed by atoms with Crippen LogP contribution in [-0.2, 0) is 13.1 Å². The van der Waals surface area contributed by atoms with E-state index in [9.17, 15) is 9.59 Å². The molecule has 0 unspecified atom stereocenters. The van der Waals surface area contributed by atoms with Crippen molar-refractivity contribution in [3.63, 3.8) is 0 Å². The van der Waals surface area contributed by atoms with Gasteiger partial charge in [-0.15, -0.1) is 16.4 Å². The molecule has 3 aromatic heterocycles. The molecule has 0 fully saturated rings. The summed E-state index contributed by atoms with van der Waals surface area (Å²) >= 11 is 7.44. The van der Waals surface area contributed by atoms with Crippen molar-refractivity contribution in [2.24, 2.45) is 0 Å². The summed E-state index contributed by atoms with van der Waals surface area (Å²) < 4.78 is 5.04. The average Bonchev–Trinajstić information content (AvgIpc) is 3.37. The maximum Gasteiger partial charge on any atom is 0.352 e. The third kappa shape index (κ3) is 3.57. The quantitative estimate of drug-likeness (QED) is 0.377. The third-order valence-corrected chi connectivity index (χ3v) is 6.72. The largest absolute Gasteiger partial charge is 0.352 e. The van der Waals surface area contributed by atoms with Gasteiger partial charge in [-0.3, -0.25) is 9.36 Å². The summed E-state index contributed by atoms with van der Waals surface area (Å²) in [5, 5.41) is 6.99. The molecule has 0 aliphatic heterocycles. The molecular formula is C24H21ClN4O2S. The number of hydrogen-bond acceptors (Lipinski definition) is 4. The summed E-state index contributed by atoms with van der Waals surface area (Å²) in [6.45, 7) is 4.89. The third-order valence-electron chi connectivity index (χ3n) is 5.60. The first-order valence-electron chi connectivity index (χ1n) is 10.3. The van der Waals surface area contributed by atoms with Crippen LogP contribution in [-0.4, -0.2) is 18.7 Å². The van der Waals surface area contributed by atoms with Crippen LogP contribution >= 0.6 is 22.9 Å². The maximum atomic E-state index is 13.3. The molecule has 6 nitrogen and oxygen atoms in total. The Bertz CT molecular complexity index is 1560. The molecule has 0 N–H and O–H groups in total. The highest BCUT2D eigenvalue weighted by Gasteiger charge is 2.18. The second kappa shape index (κ2) is 8.07. The van der Waals surface area contributed by atoms with E-state index in [1.165, 1.54) is 26.0 Å². The lowest BCUT2D eigenvalue weighted by Crippen LogP contribution is -2.26. The predicted molar refractivity (Wildman–Crippen MR) is 129 cm³/mol. The molecule has 0 radical (unpaired) electrons. The second-order valence-electron chi connectivity index (χ2n) is 8.13. The summed E-state index contributed by atoms with van der Waals surface area (Å²) in [5.74, 6) is 0.766. The number of benzene rings is 2. The minimum absolute atomic E-state index is 0.143. The van der Waals surface area contributed by atoms with Crippen molar-refractivity contribution in [3.05, 3.63) is 103 Å². The van der Waals surface area contributed by atoms with E-state index < -0.39 is 0 Å². The van der Waals surface area contributed by atoms with E-state index in [0.717, 1.165) is 11.1 Å². The molecule has 2 aromatic carbocycles. The predicted octanol–water partition coefficient (Wildman–Crippen LogP) is 4.75. The number of aromatic nitrogens is 4. The Balaban J connectivity index is 1.67. The van der Waals surface area contributed by atoms with Gasteiger partial charge in [0.1, 0.15) is 4.70 Å². The number of nitrogens with zero attached hydrogens (tertiary/aromatic N) is 4. The fourth-order valence-corrected chi connectivity index (χ4v) is 4.92. The lowest BCUT2D eigenvalue weighted by atomic mass is 10.0. The number of thiophene rings is 1. The van der Waals surface area contributed by atoms with E-state index in [-0.39, 0.29) is 17.8 Å². The van der Waals surface area contributed by atoms with Gasteiger partial charge < -0.3 is 0 Å². The number of hydrogen-bond donors (Lipinski definition) is 0. The zero-order valence-corrected chi connectivity index (χ0v) is 19.2. The molecule has 5 rings (SSSR count). The normalized spacial score (nSPS) is 11.8. The summed E-state index contributed by atoms with van der Waals surface area (Å²) in [5.41, 5.74) is 3.24. The van der Waals surface area contributed by atoms with Crippen LogP contribution in [0.25, 0.3) is 16.0 Å². The molecule has 0 saturated heterocycles. The summed E-state index contributed by atoms with van der Waals surface area (Å²) in [6.07, 6.45) is 0. The SMILES string of the molecule is CC(C)c1ccc(Cn2c(=O)c3sccc3n3c(=O)n(Cc4cccc(Cl)c4)nc23)cc1. The first-order valence-corrected chi connectivity index (χ1v) is 11.6. The average molecular weight is 465 g/mol. The fraction of sp³-hybridized carbons (Fsp3) is 0.208. The Kier molecular flexibility index (Phi) is 5.23. The molecule has 0 bridgehead atoms. The van der Waals surface area contributed by atoms with Crippen molar-refractivity contribution in [1.82, 2.24) is 18.7 Å². The van der Waals surface area contributed by atoms with Crippen molar-refractivity contribution in [2.75, 3.05) is 0 Å². The minimum Gasteiger partial charge on any atom is -0.271 e. The molecule has 162 valence electrons. The van der Waals surface area contributed by atoms with E-state index in [4.69, 9.17) is 11.6 Å². The van der Waals surface area contributed by atoms with Gasteiger partial charge in [0.05, 0.1) is 18.6 Å². The Morgan fingerprint density at radius 3 is 2.50 bits per heavy atom. The smallest absolute Gasteiger partial charge is 0.271 e. The van der Waals surface area contributed by atoms with Gasteiger partial charge in [-0.25, -0.2) is 13.9 Å². The summed E-state index contributed by atoms with van der Waals surface area (Å²) in [7, 11) is 0. The van der Waals surface area contributed by atoms with Crippen LogP contribution in [0.4, 0.5) is 0 Å². The number of rotatable bonds is 5. The number of fused-ring (bicyclic) bond motifs is 3.